The standard InChI is InChI=1S/C19H27BN3O3/c1-18(2)10-12(7-8-24-18)16-11-19(22-17(21)23(4)26-19)14-9-13(20-3)5-6-15(14)25-16/h5-6,9,12,16H,7-8,10-11H2,1-4H3,(H2,21,22). The van der Waals surface area contributed by atoms with E-state index < -0.39 is 5.72 Å². The predicted molar refractivity (Wildman–Crippen MR) is 102 cm³/mol. The van der Waals surface area contributed by atoms with Gasteiger partial charge in [-0.1, -0.05) is 24.4 Å². The van der Waals surface area contributed by atoms with Crippen LogP contribution < -0.4 is 15.9 Å². The lowest BCUT2D eigenvalue weighted by atomic mass is 9.71. The molecule has 0 amide bonds. The Bertz CT molecular complexity index is 739. The molecule has 1 fully saturated rings. The molecule has 7 heteroatoms. The van der Waals surface area contributed by atoms with Crippen molar-refractivity contribution in [1.82, 2.24) is 5.06 Å². The number of hydrogen-bond acceptors (Lipinski definition) is 6. The second kappa shape index (κ2) is 6.17. The van der Waals surface area contributed by atoms with Crippen molar-refractivity contribution in [3.8, 4) is 5.75 Å². The fourth-order valence-corrected chi connectivity index (χ4v) is 4.32. The molecule has 1 aromatic carbocycles. The number of nitrogens with zero attached hydrogens (tertiary/aromatic N) is 2. The van der Waals surface area contributed by atoms with Crippen molar-refractivity contribution in [3.05, 3.63) is 23.8 Å². The summed E-state index contributed by atoms with van der Waals surface area (Å²) in [5.41, 5.74) is 7.19. The molecule has 2 N–H and O–H groups in total. The molecule has 139 valence electrons. The Kier molecular flexibility index (Phi) is 4.19. The summed E-state index contributed by atoms with van der Waals surface area (Å²) in [6.45, 7) is 7.06. The third kappa shape index (κ3) is 2.97. The van der Waals surface area contributed by atoms with Crippen molar-refractivity contribution < 1.29 is 14.3 Å². The molecule has 3 aliphatic heterocycles. The molecule has 0 aromatic heterocycles. The molecular formula is C19H27BN3O3. The summed E-state index contributed by atoms with van der Waals surface area (Å²) < 4.78 is 12.3. The van der Waals surface area contributed by atoms with Gasteiger partial charge in [-0.2, -0.15) is 0 Å². The second-order valence-electron chi connectivity index (χ2n) is 8.11. The highest BCUT2D eigenvalue weighted by Gasteiger charge is 2.51. The zero-order valence-corrected chi connectivity index (χ0v) is 16.0. The first-order valence-corrected chi connectivity index (χ1v) is 9.35. The van der Waals surface area contributed by atoms with Crippen LogP contribution in [0.1, 0.15) is 38.7 Å². The Balaban J connectivity index is 1.72. The predicted octanol–water partition coefficient (Wildman–Crippen LogP) is 1.76. The summed E-state index contributed by atoms with van der Waals surface area (Å²) in [5, 5.41) is 1.56. The molecule has 3 heterocycles. The van der Waals surface area contributed by atoms with Gasteiger partial charge in [-0.3, -0.25) is 0 Å². The summed E-state index contributed by atoms with van der Waals surface area (Å²) in [7, 11) is 3.86. The van der Waals surface area contributed by atoms with Crippen LogP contribution in [0.3, 0.4) is 0 Å². The van der Waals surface area contributed by atoms with Gasteiger partial charge in [-0.15, -0.1) is 0 Å². The summed E-state index contributed by atoms with van der Waals surface area (Å²) in [5.74, 6) is 1.63. The minimum atomic E-state index is -0.807. The number of aliphatic imine (C=N–C) groups is 1. The van der Waals surface area contributed by atoms with Gasteiger partial charge in [0.15, 0.2) is 0 Å². The molecule has 4 rings (SSSR count). The minimum Gasteiger partial charge on any atom is -0.489 e. The summed E-state index contributed by atoms with van der Waals surface area (Å²) in [6.07, 6.45) is 2.61. The molecule has 26 heavy (non-hydrogen) atoms. The third-order valence-electron chi connectivity index (χ3n) is 5.68. The number of guanidine groups is 1. The lowest BCUT2D eigenvalue weighted by molar-refractivity contribution is -0.198. The van der Waals surface area contributed by atoms with Crippen molar-refractivity contribution in [1.29, 1.82) is 0 Å². The first-order valence-electron chi connectivity index (χ1n) is 9.35. The van der Waals surface area contributed by atoms with E-state index in [-0.39, 0.29) is 11.7 Å². The maximum atomic E-state index is 6.44. The lowest BCUT2D eigenvalue weighted by Gasteiger charge is -2.44. The molecule has 1 aromatic rings. The van der Waals surface area contributed by atoms with Crippen molar-refractivity contribution >= 4 is 18.7 Å². The first kappa shape index (κ1) is 17.7. The Hall–Kier alpha value is -1.73. The molecule has 3 aliphatic rings. The van der Waals surface area contributed by atoms with Gasteiger partial charge in [0.25, 0.3) is 0 Å². The van der Waals surface area contributed by atoms with E-state index in [4.69, 9.17) is 25.0 Å². The number of hydroxylamine groups is 2. The summed E-state index contributed by atoms with van der Waals surface area (Å²) >= 11 is 0. The maximum Gasteiger partial charge on any atom is 0.221 e. The van der Waals surface area contributed by atoms with E-state index in [0.29, 0.717) is 18.3 Å². The number of ether oxygens (including phenoxy) is 2. The third-order valence-corrected chi connectivity index (χ3v) is 5.68. The van der Waals surface area contributed by atoms with Crippen LogP contribution in [-0.2, 0) is 15.3 Å². The normalized spacial score (nSPS) is 32.8. The Morgan fingerprint density at radius 3 is 2.77 bits per heavy atom. The monoisotopic (exact) mass is 356 g/mol. The lowest BCUT2D eigenvalue weighted by Crippen LogP contribution is -2.47. The van der Waals surface area contributed by atoms with Gasteiger partial charge in [-0.05, 0) is 32.8 Å². The smallest absolute Gasteiger partial charge is 0.221 e. The molecule has 0 aliphatic carbocycles. The highest BCUT2D eigenvalue weighted by Crippen LogP contribution is 2.48. The highest BCUT2D eigenvalue weighted by molar-refractivity contribution is 6.51. The van der Waals surface area contributed by atoms with Gasteiger partial charge in [0.2, 0.25) is 11.7 Å². The van der Waals surface area contributed by atoms with Gasteiger partial charge in [0.05, 0.1) is 11.2 Å². The molecule has 3 atom stereocenters. The molecule has 1 spiro atoms. The SMILES string of the molecule is C[B]c1ccc2c(c1)C1(CC(C3CCOC(C)(C)C3)O2)N=C(N)N(C)O1. The zero-order chi connectivity index (χ0) is 18.5. The quantitative estimate of drug-likeness (QED) is 0.818. The van der Waals surface area contributed by atoms with Crippen molar-refractivity contribution in [2.45, 2.75) is 57.4 Å². The van der Waals surface area contributed by atoms with Crippen LogP contribution in [-0.4, -0.2) is 43.7 Å². The number of fused-ring (bicyclic) bond motifs is 2. The fraction of sp³-hybridized carbons (Fsp3) is 0.632. The molecule has 0 saturated carbocycles. The number of benzene rings is 1. The van der Waals surface area contributed by atoms with Gasteiger partial charge in [0, 0.05) is 26.0 Å². The van der Waals surface area contributed by atoms with Crippen LogP contribution in [0.4, 0.5) is 0 Å². The second-order valence-corrected chi connectivity index (χ2v) is 8.11. The molecule has 0 bridgehead atoms. The number of nitrogens with two attached hydrogens (primary N) is 1. The van der Waals surface area contributed by atoms with E-state index in [1.54, 1.807) is 12.1 Å². The highest BCUT2D eigenvalue weighted by atomic mass is 16.7. The van der Waals surface area contributed by atoms with Crippen molar-refractivity contribution in [3.63, 3.8) is 0 Å². The van der Waals surface area contributed by atoms with Gasteiger partial charge < -0.3 is 15.2 Å². The summed E-state index contributed by atoms with van der Waals surface area (Å²) in [4.78, 5) is 10.9. The van der Waals surface area contributed by atoms with Crippen molar-refractivity contribution in [2.75, 3.05) is 13.7 Å². The summed E-state index contributed by atoms with van der Waals surface area (Å²) in [6, 6.07) is 6.18. The van der Waals surface area contributed by atoms with Crippen LogP contribution in [0, 0.1) is 5.92 Å². The van der Waals surface area contributed by atoms with Gasteiger partial charge in [0.1, 0.15) is 19.1 Å². The van der Waals surface area contributed by atoms with Crippen LogP contribution in [0.2, 0.25) is 6.82 Å². The van der Waals surface area contributed by atoms with Gasteiger partial charge >= 0.3 is 0 Å². The number of rotatable bonds is 2. The van der Waals surface area contributed by atoms with Crippen LogP contribution in [0.15, 0.2) is 23.2 Å². The molecule has 1 saturated heterocycles. The van der Waals surface area contributed by atoms with E-state index in [1.165, 1.54) is 0 Å². The largest absolute Gasteiger partial charge is 0.489 e. The minimum absolute atomic E-state index is 0.0187. The Labute approximate surface area is 155 Å². The zero-order valence-electron chi connectivity index (χ0n) is 16.0. The van der Waals surface area contributed by atoms with Crippen LogP contribution in [0.5, 0.6) is 5.75 Å². The van der Waals surface area contributed by atoms with E-state index in [9.17, 15) is 0 Å². The maximum absolute atomic E-state index is 6.44. The van der Waals surface area contributed by atoms with E-state index in [0.717, 1.165) is 36.2 Å². The van der Waals surface area contributed by atoms with Crippen LogP contribution >= 0.6 is 0 Å². The molecule has 6 nitrogen and oxygen atoms in total. The Morgan fingerprint density at radius 2 is 2.12 bits per heavy atom. The molecular weight excluding hydrogens is 329 g/mol. The average molecular weight is 356 g/mol. The van der Waals surface area contributed by atoms with Crippen LogP contribution in [0.25, 0.3) is 0 Å². The average Bonchev–Trinajstić information content (AvgIpc) is 2.88. The van der Waals surface area contributed by atoms with Gasteiger partial charge in [-0.25, -0.2) is 14.9 Å². The van der Waals surface area contributed by atoms with E-state index >= 15 is 0 Å². The Morgan fingerprint density at radius 1 is 1.31 bits per heavy atom. The van der Waals surface area contributed by atoms with Crippen molar-refractivity contribution in [2.24, 2.45) is 16.6 Å². The topological polar surface area (TPSA) is 69.3 Å². The molecule has 3 unspecified atom stereocenters. The van der Waals surface area contributed by atoms with E-state index in [2.05, 4.69) is 33.3 Å². The molecule has 1 radical (unpaired) electrons. The number of hydrogen-bond donors (Lipinski definition) is 1. The van der Waals surface area contributed by atoms with E-state index in [1.807, 2.05) is 12.9 Å². The fourth-order valence-electron chi connectivity index (χ4n) is 4.32. The first-order chi connectivity index (χ1) is 12.3.